The molecule has 1 saturated heterocycles. The van der Waals surface area contributed by atoms with Gasteiger partial charge in [-0.25, -0.2) is 0 Å². The highest BCUT2D eigenvalue weighted by Gasteiger charge is 2.15. The van der Waals surface area contributed by atoms with Gasteiger partial charge in [0.15, 0.2) is 0 Å². The van der Waals surface area contributed by atoms with Crippen LogP contribution in [0.15, 0.2) is 24.3 Å². The molecule has 1 heterocycles. The molecule has 6 nitrogen and oxygen atoms in total. The number of nitrogens with zero attached hydrogens (tertiary/aromatic N) is 1. The molecule has 17 heavy (non-hydrogen) atoms. The molecule has 0 bridgehead atoms. The minimum atomic E-state index is -0.451. The van der Waals surface area contributed by atoms with Crippen molar-refractivity contribution in [3.63, 3.8) is 0 Å². The molecule has 0 aromatic heterocycles. The van der Waals surface area contributed by atoms with Crippen LogP contribution in [0.25, 0.3) is 0 Å². The second kappa shape index (κ2) is 5.60. The van der Waals surface area contributed by atoms with Crippen molar-refractivity contribution in [2.45, 2.75) is 6.10 Å². The number of nitro benzene ring substituents is 1. The summed E-state index contributed by atoms with van der Waals surface area (Å²) < 4.78 is 16.0. The van der Waals surface area contributed by atoms with Crippen molar-refractivity contribution < 1.29 is 19.1 Å². The Balaban J connectivity index is 1.89. The third-order valence-electron chi connectivity index (χ3n) is 2.35. The van der Waals surface area contributed by atoms with Crippen LogP contribution in [0, 0.1) is 10.1 Å². The molecule has 0 N–H and O–H groups in total. The topological polar surface area (TPSA) is 70.8 Å². The molecule has 2 rings (SSSR count). The molecule has 1 atom stereocenters. The van der Waals surface area contributed by atoms with E-state index in [0.29, 0.717) is 32.2 Å². The zero-order valence-corrected chi connectivity index (χ0v) is 9.20. The summed E-state index contributed by atoms with van der Waals surface area (Å²) in [5.74, 6) is 0.466. The van der Waals surface area contributed by atoms with Gasteiger partial charge >= 0.3 is 0 Å². The van der Waals surface area contributed by atoms with E-state index in [0.717, 1.165) is 0 Å². The van der Waals surface area contributed by atoms with Crippen molar-refractivity contribution in [3.8, 4) is 5.75 Å². The van der Waals surface area contributed by atoms with Gasteiger partial charge in [-0.1, -0.05) is 6.07 Å². The Hall–Kier alpha value is -1.66. The predicted octanol–water partition coefficient (Wildman–Crippen LogP) is 1.39. The molecule has 1 aliphatic rings. The quantitative estimate of drug-likeness (QED) is 0.586. The van der Waals surface area contributed by atoms with Crippen LogP contribution in [0.3, 0.4) is 0 Å². The molecular formula is C11H13NO5. The number of ether oxygens (including phenoxy) is 3. The normalized spacial score (nSPS) is 19.9. The number of rotatable bonds is 4. The molecule has 6 heteroatoms. The minimum Gasteiger partial charge on any atom is -0.491 e. The zero-order chi connectivity index (χ0) is 12.1. The van der Waals surface area contributed by atoms with Crippen LogP contribution < -0.4 is 4.74 Å². The molecule has 0 saturated carbocycles. The maximum absolute atomic E-state index is 10.6. The fourth-order valence-corrected chi connectivity index (χ4v) is 1.51. The SMILES string of the molecule is O=[N+]([O-])c1cccc(OCC2COCCO2)c1. The van der Waals surface area contributed by atoms with Gasteiger partial charge in [0.2, 0.25) is 0 Å². The molecule has 0 radical (unpaired) electrons. The summed E-state index contributed by atoms with van der Waals surface area (Å²) in [6.45, 7) is 1.99. The molecule has 1 aromatic carbocycles. The summed E-state index contributed by atoms with van der Waals surface area (Å²) in [6, 6.07) is 6.08. The van der Waals surface area contributed by atoms with Gasteiger partial charge in [-0.2, -0.15) is 0 Å². The van der Waals surface area contributed by atoms with E-state index in [4.69, 9.17) is 14.2 Å². The lowest BCUT2D eigenvalue weighted by atomic mass is 10.3. The Bertz CT molecular complexity index is 389. The van der Waals surface area contributed by atoms with E-state index in [1.165, 1.54) is 12.1 Å². The smallest absolute Gasteiger partial charge is 0.273 e. The largest absolute Gasteiger partial charge is 0.491 e. The Labute approximate surface area is 98.2 Å². The van der Waals surface area contributed by atoms with Gasteiger partial charge in [0, 0.05) is 6.07 Å². The first-order valence-corrected chi connectivity index (χ1v) is 5.32. The summed E-state index contributed by atoms with van der Waals surface area (Å²) in [5, 5.41) is 10.6. The van der Waals surface area contributed by atoms with Crippen LogP contribution in [-0.4, -0.2) is 37.5 Å². The molecule has 1 aromatic rings. The van der Waals surface area contributed by atoms with Crippen molar-refractivity contribution in [3.05, 3.63) is 34.4 Å². The first-order valence-electron chi connectivity index (χ1n) is 5.32. The van der Waals surface area contributed by atoms with Gasteiger partial charge in [-0.05, 0) is 6.07 Å². The second-order valence-electron chi connectivity index (χ2n) is 3.63. The third-order valence-corrected chi connectivity index (χ3v) is 2.35. The fourth-order valence-electron chi connectivity index (χ4n) is 1.51. The first-order chi connectivity index (χ1) is 8.25. The van der Waals surface area contributed by atoms with Gasteiger partial charge < -0.3 is 14.2 Å². The minimum absolute atomic E-state index is 0.0170. The van der Waals surface area contributed by atoms with Crippen LogP contribution in [0.2, 0.25) is 0 Å². The van der Waals surface area contributed by atoms with E-state index in [1.54, 1.807) is 12.1 Å². The monoisotopic (exact) mass is 239 g/mol. The molecule has 0 amide bonds. The first kappa shape index (κ1) is 11.8. The highest BCUT2D eigenvalue weighted by atomic mass is 16.6. The molecule has 1 aliphatic heterocycles. The molecule has 1 unspecified atom stereocenters. The second-order valence-corrected chi connectivity index (χ2v) is 3.63. The van der Waals surface area contributed by atoms with Crippen molar-refractivity contribution in [1.29, 1.82) is 0 Å². The van der Waals surface area contributed by atoms with E-state index in [-0.39, 0.29) is 11.8 Å². The predicted molar refractivity (Wildman–Crippen MR) is 59.2 cm³/mol. The van der Waals surface area contributed by atoms with Crippen LogP contribution in [0.4, 0.5) is 5.69 Å². The standard InChI is InChI=1S/C11H13NO5/c13-12(14)9-2-1-3-10(6-9)17-8-11-7-15-4-5-16-11/h1-3,6,11H,4-5,7-8H2. The third kappa shape index (κ3) is 3.40. The summed E-state index contributed by atoms with van der Waals surface area (Å²) >= 11 is 0. The highest BCUT2D eigenvalue weighted by molar-refractivity contribution is 5.37. The van der Waals surface area contributed by atoms with Gasteiger partial charge in [-0.15, -0.1) is 0 Å². The van der Waals surface area contributed by atoms with Gasteiger partial charge in [0.05, 0.1) is 30.8 Å². The van der Waals surface area contributed by atoms with Crippen LogP contribution in [0.5, 0.6) is 5.75 Å². The summed E-state index contributed by atoms with van der Waals surface area (Å²) in [5.41, 5.74) is 0.0170. The van der Waals surface area contributed by atoms with E-state index in [2.05, 4.69) is 0 Å². The number of hydrogen-bond acceptors (Lipinski definition) is 5. The summed E-state index contributed by atoms with van der Waals surface area (Å²) in [6.07, 6.45) is -0.108. The number of non-ortho nitro benzene ring substituents is 1. The molecular weight excluding hydrogens is 226 g/mol. The van der Waals surface area contributed by atoms with E-state index >= 15 is 0 Å². The summed E-state index contributed by atoms with van der Waals surface area (Å²) in [4.78, 5) is 10.1. The highest BCUT2D eigenvalue weighted by Crippen LogP contribution is 2.19. The maximum Gasteiger partial charge on any atom is 0.273 e. The van der Waals surface area contributed by atoms with Gasteiger partial charge in [-0.3, -0.25) is 10.1 Å². The molecule has 1 fully saturated rings. The Morgan fingerprint density at radius 2 is 2.35 bits per heavy atom. The zero-order valence-electron chi connectivity index (χ0n) is 9.20. The van der Waals surface area contributed by atoms with Crippen molar-refractivity contribution in [2.75, 3.05) is 26.4 Å². The van der Waals surface area contributed by atoms with E-state index in [1.807, 2.05) is 0 Å². The van der Waals surface area contributed by atoms with E-state index in [9.17, 15) is 10.1 Å². The summed E-state index contributed by atoms with van der Waals surface area (Å²) in [7, 11) is 0. The van der Waals surface area contributed by atoms with E-state index < -0.39 is 4.92 Å². The molecule has 92 valence electrons. The lowest BCUT2D eigenvalue weighted by Gasteiger charge is -2.22. The van der Waals surface area contributed by atoms with Gasteiger partial charge in [0.25, 0.3) is 5.69 Å². The average Bonchev–Trinajstić information content (AvgIpc) is 2.38. The fraction of sp³-hybridized carbons (Fsp3) is 0.455. The van der Waals surface area contributed by atoms with Crippen LogP contribution in [-0.2, 0) is 9.47 Å². The molecule has 0 spiro atoms. The Morgan fingerprint density at radius 1 is 1.47 bits per heavy atom. The Morgan fingerprint density at radius 3 is 3.06 bits per heavy atom. The maximum atomic E-state index is 10.6. The van der Waals surface area contributed by atoms with Crippen LogP contribution in [0.1, 0.15) is 0 Å². The van der Waals surface area contributed by atoms with Crippen molar-refractivity contribution >= 4 is 5.69 Å². The lowest BCUT2D eigenvalue weighted by molar-refractivity contribution is -0.384. The molecule has 0 aliphatic carbocycles. The Kier molecular flexibility index (Phi) is 3.89. The number of hydrogen-bond donors (Lipinski definition) is 0. The number of benzene rings is 1. The lowest BCUT2D eigenvalue weighted by Crippen LogP contribution is -2.33. The average molecular weight is 239 g/mol. The van der Waals surface area contributed by atoms with Crippen molar-refractivity contribution in [2.24, 2.45) is 0 Å². The van der Waals surface area contributed by atoms with Crippen LogP contribution >= 0.6 is 0 Å². The van der Waals surface area contributed by atoms with Gasteiger partial charge in [0.1, 0.15) is 18.5 Å². The van der Waals surface area contributed by atoms with Crippen molar-refractivity contribution in [1.82, 2.24) is 0 Å². The number of nitro groups is 1.